The molecule has 15 heavy (non-hydrogen) atoms. The number of nitrogens with zero attached hydrogens (tertiary/aromatic N) is 1. The molecule has 4 heteroatoms. The van der Waals surface area contributed by atoms with Crippen LogP contribution < -0.4 is 11.5 Å². The smallest absolute Gasteiger partial charge is 0.191 e. The van der Waals surface area contributed by atoms with E-state index in [1.54, 1.807) is 0 Å². The second-order valence-electron chi connectivity index (χ2n) is 3.15. The summed E-state index contributed by atoms with van der Waals surface area (Å²) in [7, 11) is 0. The Labute approximate surface area is 92.4 Å². The Morgan fingerprint density at radius 1 is 1.00 bits per heavy atom. The molecule has 0 heterocycles. The minimum atomic E-state index is 0.0440. The van der Waals surface area contributed by atoms with E-state index in [0.29, 0.717) is 5.02 Å². The van der Waals surface area contributed by atoms with Crippen LogP contribution in [0, 0.1) is 0 Å². The van der Waals surface area contributed by atoms with Crippen LogP contribution in [0.4, 0.5) is 5.69 Å². The fraction of sp³-hybridized carbons (Fsp3) is 0. The molecule has 3 nitrogen and oxygen atoms in total. The van der Waals surface area contributed by atoms with Crippen molar-refractivity contribution in [1.82, 2.24) is 0 Å². The van der Waals surface area contributed by atoms with Crippen LogP contribution in [-0.4, -0.2) is 5.96 Å². The number of fused-ring (bicyclic) bond motifs is 1. The zero-order chi connectivity index (χ0) is 10.8. The highest BCUT2D eigenvalue weighted by Gasteiger charge is 2.02. The Hall–Kier alpha value is -1.74. The van der Waals surface area contributed by atoms with Gasteiger partial charge in [0.15, 0.2) is 5.96 Å². The summed E-state index contributed by atoms with van der Waals surface area (Å²) in [5.74, 6) is 0.0440. The number of aliphatic imine (C=N–C) groups is 1. The summed E-state index contributed by atoms with van der Waals surface area (Å²) in [5, 5.41) is 2.58. The first-order valence-electron chi connectivity index (χ1n) is 4.45. The van der Waals surface area contributed by atoms with Crippen molar-refractivity contribution in [2.45, 2.75) is 0 Å². The van der Waals surface area contributed by atoms with Crippen molar-refractivity contribution in [3.63, 3.8) is 0 Å². The lowest BCUT2D eigenvalue weighted by molar-refractivity contribution is 1.44. The Balaban J connectivity index is 2.77. The highest BCUT2D eigenvalue weighted by molar-refractivity contribution is 6.35. The van der Waals surface area contributed by atoms with Crippen molar-refractivity contribution in [2.24, 2.45) is 16.5 Å². The van der Waals surface area contributed by atoms with Gasteiger partial charge in [-0.25, -0.2) is 4.99 Å². The average Bonchev–Trinajstić information content (AvgIpc) is 2.19. The van der Waals surface area contributed by atoms with E-state index in [-0.39, 0.29) is 5.96 Å². The molecule has 0 unspecified atom stereocenters. The number of rotatable bonds is 1. The molecule has 2 rings (SSSR count). The van der Waals surface area contributed by atoms with Gasteiger partial charge in [-0.1, -0.05) is 35.9 Å². The van der Waals surface area contributed by atoms with Crippen LogP contribution >= 0.6 is 11.6 Å². The lowest BCUT2D eigenvalue weighted by Crippen LogP contribution is -2.21. The second kappa shape index (κ2) is 3.79. The van der Waals surface area contributed by atoms with Gasteiger partial charge in [0.2, 0.25) is 0 Å². The van der Waals surface area contributed by atoms with Crippen molar-refractivity contribution in [3.8, 4) is 0 Å². The number of hydrogen-bond donors (Lipinski definition) is 2. The first kappa shape index (κ1) is 9.80. The van der Waals surface area contributed by atoms with Gasteiger partial charge in [0.25, 0.3) is 0 Å². The maximum absolute atomic E-state index is 6.05. The van der Waals surface area contributed by atoms with E-state index in [1.165, 1.54) is 0 Å². The van der Waals surface area contributed by atoms with Gasteiger partial charge in [-0.05, 0) is 12.1 Å². The Morgan fingerprint density at radius 2 is 1.67 bits per heavy atom. The Morgan fingerprint density at radius 3 is 2.40 bits per heavy atom. The van der Waals surface area contributed by atoms with Gasteiger partial charge in [0.05, 0.1) is 5.69 Å². The third kappa shape index (κ3) is 1.87. The molecule has 4 N–H and O–H groups in total. The standard InChI is InChI=1S/C11H10ClN3/c12-9-5-1-4-8-7(9)3-2-6-10(8)15-11(13)14/h1-6H,(H4,13,14,15). The highest BCUT2D eigenvalue weighted by atomic mass is 35.5. The number of halogens is 1. The first-order chi connectivity index (χ1) is 7.18. The number of benzene rings is 2. The molecule has 0 amide bonds. The molecule has 76 valence electrons. The second-order valence-corrected chi connectivity index (χ2v) is 3.56. The fourth-order valence-corrected chi connectivity index (χ4v) is 1.73. The maximum Gasteiger partial charge on any atom is 0.191 e. The van der Waals surface area contributed by atoms with Gasteiger partial charge in [-0.15, -0.1) is 0 Å². The minimum absolute atomic E-state index is 0.0440. The summed E-state index contributed by atoms with van der Waals surface area (Å²) in [5.41, 5.74) is 11.4. The predicted octanol–water partition coefficient (Wildman–Crippen LogP) is 2.40. The van der Waals surface area contributed by atoms with Crippen LogP contribution in [0.15, 0.2) is 41.4 Å². The predicted molar refractivity (Wildman–Crippen MR) is 64.4 cm³/mol. The molecule has 0 fully saturated rings. The molecular formula is C11H10ClN3. The van der Waals surface area contributed by atoms with Gasteiger partial charge in [-0.3, -0.25) is 0 Å². The molecule has 0 radical (unpaired) electrons. The number of guanidine groups is 1. The maximum atomic E-state index is 6.05. The van der Waals surface area contributed by atoms with Crippen LogP contribution in [0.3, 0.4) is 0 Å². The lowest BCUT2D eigenvalue weighted by atomic mass is 10.1. The van der Waals surface area contributed by atoms with Crippen molar-refractivity contribution in [2.75, 3.05) is 0 Å². The summed E-state index contributed by atoms with van der Waals surface area (Å²) in [6.45, 7) is 0. The topological polar surface area (TPSA) is 64.4 Å². The van der Waals surface area contributed by atoms with E-state index in [2.05, 4.69) is 4.99 Å². The van der Waals surface area contributed by atoms with Crippen LogP contribution in [0.2, 0.25) is 5.02 Å². The molecule has 0 bridgehead atoms. The molecule has 0 saturated heterocycles. The van der Waals surface area contributed by atoms with Crippen molar-refractivity contribution < 1.29 is 0 Å². The SMILES string of the molecule is NC(N)=Nc1cccc2c(Cl)cccc12. The van der Waals surface area contributed by atoms with Gasteiger partial charge in [-0.2, -0.15) is 0 Å². The highest BCUT2D eigenvalue weighted by Crippen LogP contribution is 2.30. The normalized spacial score (nSPS) is 10.2. The molecule has 0 aliphatic carbocycles. The van der Waals surface area contributed by atoms with Crippen LogP contribution in [0.5, 0.6) is 0 Å². The van der Waals surface area contributed by atoms with E-state index < -0.39 is 0 Å². The summed E-state index contributed by atoms with van der Waals surface area (Å²) < 4.78 is 0. The zero-order valence-corrected chi connectivity index (χ0v) is 8.70. The van der Waals surface area contributed by atoms with Gasteiger partial charge in [0.1, 0.15) is 0 Å². The number of hydrogen-bond acceptors (Lipinski definition) is 1. The molecule has 0 aliphatic heterocycles. The van der Waals surface area contributed by atoms with Gasteiger partial charge in [0, 0.05) is 15.8 Å². The largest absolute Gasteiger partial charge is 0.370 e. The quantitative estimate of drug-likeness (QED) is 0.572. The van der Waals surface area contributed by atoms with Crippen LogP contribution in [-0.2, 0) is 0 Å². The molecule has 0 saturated carbocycles. The van der Waals surface area contributed by atoms with Crippen LogP contribution in [0.25, 0.3) is 10.8 Å². The minimum Gasteiger partial charge on any atom is -0.370 e. The molecule has 0 aliphatic rings. The first-order valence-corrected chi connectivity index (χ1v) is 4.83. The summed E-state index contributed by atoms with van der Waals surface area (Å²) in [6.07, 6.45) is 0. The summed E-state index contributed by atoms with van der Waals surface area (Å²) >= 11 is 6.05. The Bertz CT molecular complexity index is 530. The fourth-order valence-electron chi connectivity index (χ4n) is 1.49. The molecule has 0 aromatic heterocycles. The van der Waals surface area contributed by atoms with E-state index >= 15 is 0 Å². The van der Waals surface area contributed by atoms with Gasteiger partial charge < -0.3 is 11.5 Å². The Kier molecular flexibility index (Phi) is 2.47. The molecular weight excluding hydrogens is 210 g/mol. The molecule has 2 aromatic rings. The lowest BCUT2D eigenvalue weighted by Gasteiger charge is -2.03. The molecule has 0 atom stereocenters. The summed E-state index contributed by atoms with van der Waals surface area (Å²) in [4.78, 5) is 4.04. The van der Waals surface area contributed by atoms with Crippen molar-refractivity contribution in [3.05, 3.63) is 41.4 Å². The van der Waals surface area contributed by atoms with E-state index in [9.17, 15) is 0 Å². The van der Waals surface area contributed by atoms with E-state index in [4.69, 9.17) is 23.1 Å². The number of nitrogens with two attached hydrogens (primary N) is 2. The summed E-state index contributed by atoms with van der Waals surface area (Å²) in [6, 6.07) is 11.3. The van der Waals surface area contributed by atoms with Crippen molar-refractivity contribution in [1.29, 1.82) is 0 Å². The van der Waals surface area contributed by atoms with Crippen LogP contribution in [0.1, 0.15) is 0 Å². The van der Waals surface area contributed by atoms with E-state index in [1.807, 2.05) is 36.4 Å². The zero-order valence-electron chi connectivity index (χ0n) is 7.94. The third-order valence-electron chi connectivity index (χ3n) is 2.10. The average molecular weight is 220 g/mol. The van der Waals surface area contributed by atoms with Crippen molar-refractivity contribution >= 4 is 34.0 Å². The third-order valence-corrected chi connectivity index (χ3v) is 2.42. The molecule has 2 aromatic carbocycles. The van der Waals surface area contributed by atoms with E-state index in [0.717, 1.165) is 16.5 Å². The molecule has 0 spiro atoms. The monoisotopic (exact) mass is 219 g/mol. The van der Waals surface area contributed by atoms with Gasteiger partial charge >= 0.3 is 0 Å².